The lowest BCUT2D eigenvalue weighted by Gasteiger charge is -2.22. The number of hydrogen-bond donors (Lipinski definition) is 1. The molecule has 0 aromatic heterocycles. The van der Waals surface area contributed by atoms with Gasteiger partial charge in [0.25, 0.3) is 0 Å². The topological polar surface area (TPSA) is 72.8 Å². The molecule has 1 aromatic carbocycles. The first-order valence-corrected chi connectivity index (χ1v) is 7.21. The third-order valence-corrected chi connectivity index (χ3v) is 4.26. The molecule has 1 aromatic rings. The summed E-state index contributed by atoms with van der Waals surface area (Å²) in [7, 11) is 0. The van der Waals surface area contributed by atoms with Crippen molar-refractivity contribution < 1.29 is 24.2 Å². The van der Waals surface area contributed by atoms with E-state index in [1.165, 1.54) is 0 Å². The minimum absolute atomic E-state index is 0.178. The normalized spacial score (nSPS) is 23.5. The average molecular weight is 290 g/mol. The number of rotatable bonds is 4. The van der Waals surface area contributed by atoms with Crippen LogP contribution in [0.3, 0.4) is 0 Å². The van der Waals surface area contributed by atoms with E-state index in [0.29, 0.717) is 18.8 Å². The first-order chi connectivity index (χ1) is 10.1. The molecule has 0 bridgehead atoms. The SMILES string of the molecule is O=C(O)CC(=O)c1ccccc1C1CCC2(C1)OCCO2. The zero-order valence-corrected chi connectivity index (χ0v) is 11.7. The van der Waals surface area contributed by atoms with Gasteiger partial charge in [-0.15, -0.1) is 0 Å². The number of Topliss-reactive ketones (excluding diaryl/α,β-unsaturated/α-hetero) is 1. The highest BCUT2D eigenvalue weighted by Gasteiger charge is 2.45. The lowest BCUT2D eigenvalue weighted by atomic mass is 9.90. The first kappa shape index (κ1) is 14.2. The summed E-state index contributed by atoms with van der Waals surface area (Å²) < 4.78 is 11.4. The highest BCUT2D eigenvalue weighted by molar-refractivity contribution is 6.06. The number of aliphatic carboxylic acids is 1. The molecule has 112 valence electrons. The van der Waals surface area contributed by atoms with Gasteiger partial charge in [-0.2, -0.15) is 0 Å². The van der Waals surface area contributed by atoms with E-state index >= 15 is 0 Å². The summed E-state index contributed by atoms with van der Waals surface area (Å²) in [6.07, 6.45) is 1.96. The van der Waals surface area contributed by atoms with Crippen molar-refractivity contribution in [2.75, 3.05) is 13.2 Å². The molecule has 1 aliphatic heterocycles. The molecule has 1 saturated heterocycles. The van der Waals surface area contributed by atoms with Gasteiger partial charge in [-0.3, -0.25) is 9.59 Å². The van der Waals surface area contributed by atoms with Crippen LogP contribution < -0.4 is 0 Å². The van der Waals surface area contributed by atoms with Gasteiger partial charge < -0.3 is 14.6 Å². The second kappa shape index (κ2) is 5.58. The number of hydrogen-bond acceptors (Lipinski definition) is 4. The van der Waals surface area contributed by atoms with Gasteiger partial charge in [-0.25, -0.2) is 0 Å². The van der Waals surface area contributed by atoms with Gasteiger partial charge in [0, 0.05) is 18.4 Å². The first-order valence-electron chi connectivity index (χ1n) is 7.21. The Morgan fingerprint density at radius 2 is 1.95 bits per heavy atom. The molecule has 5 nitrogen and oxygen atoms in total. The predicted molar refractivity (Wildman–Crippen MR) is 74.3 cm³/mol. The van der Waals surface area contributed by atoms with Crippen molar-refractivity contribution in [1.29, 1.82) is 0 Å². The van der Waals surface area contributed by atoms with Crippen LogP contribution >= 0.6 is 0 Å². The van der Waals surface area contributed by atoms with Crippen LogP contribution in [0.4, 0.5) is 0 Å². The highest BCUT2D eigenvalue weighted by atomic mass is 16.7. The van der Waals surface area contributed by atoms with Gasteiger partial charge in [0.2, 0.25) is 0 Å². The van der Waals surface area contributed by atoms with E-state index in [2.05, 4.69) is 0 Å². The van der Waals surface area contributed by atoms with E-state index in [-0.39, 0.29) is 11.7 Å². The predicted octanol–water partition coefficient (Wildman–Crippen LogP) is 2.35. The average Bonchev–Trinajstić information content (AvgIpc) is 3.09. The Kier molecular flexibility index (Phi) is 3.78. The smallest absolute Gasteiger partial charge is 0.311 e. The molecule has 1 N–H and O–H groups in total. The lowest BCUT2D eigenvalue weighted by molar-refractivity contribution is -0.151. The quantitative estimate of drug-likeness (QED) is 0.680. The fourth-order valence-electron chi connectivity index (χ4n) is 3.34. The summed E-state index contributed by atoms with van der Waals surface area (Å²) in [5, 5.41) is 8.81. The van der Waals surface area contributed by atoms with Crippen LogP contribution in [0.1, 0.15) is 47.5 Å². The molecule has 1 saturated carbocycles. The van der Waals surface area contributed by atoms with Crippen molar-refractivity contribution in [2.45, 2.75) is 37.4 Å². The van der Waals surface area contributed by atoms with Crippen LogP contribution in [0.2, 0.25) is 0 Å². The van der Waals surface area contributed by atoms with Crippen LogP contribution in [0.5, 0.6) is 0 Å². The van der Waals surface area contributed by atoms with Crippen LogP contribution in [-0.4, -0.2) is 35.9 Å². The van der Waals surface area contributed by atoms with Crippen molar-refractivity contribution in [1.82, 2.24) is 0 Å². The Balaban J connectivity index is 1.83. The summed E-state index contributed by atoms with van der Waals surface area (Å²) >= 11 is 0. The minimum atomic E-state index is -1.10. The number of carbonyl (C=O) groups is 2. The number of ketones is 1. The molecule has 1 aliphatic carbocycles. The third kappa shape index (κ3) is 2.84. The number of ether oxygens (including phenoxy) is 2. The molecule has 3 rings (SSSR count). The fraction of sp³-hybridized carbons (Fsp3) is 0.500. The summed E-state index contributed by atoms with van der Waals surface area (Å²) in [6.45, 7) is 1.23. The maximum Gasteiger partial charge on any atom is 0.311 e. The van der Waals surface area contributed by atoms with Crippen LogP contribution in [-0.2, 0) is 14.3 Å². The third-order valence-electron chi connectivity index (χ3n) is 4.26. The molecule has 1 spiro atoms. The minimum Gasteiger partial charge on any atom is -0.481 e. The Morgan fingerprint density at radius 1 is 1.24 bits per heavy atom. The van der Waals surface area contributed by atoms with Gasteiger partial charge in [0.15, 0.2) is 11.6 Å². The number of carboxylic acid groups (broad SMARTS) is 1. The van der Waals surface area contributed by atoms with E-state index in [1.807, 2.05) is 12.1 Å². The van der Waals surface area contributed by atoms with Crippen molar-refractivity contribution in [2.24, 2.45) is 0 Å². The molecule has 0 radical (unpaired) electrons. The number of carboxylic acids is 1. The lowest BCUT2D eigenvalue weighted by Crippen LogP contribution is -2.25. The van der Waals surface area contributed by atoms with E-state index in [0.717, 1.165) is 24.8 Å². The molecular formula is C16H18O5. The second-order valence-corrected chi connectivity index (χ2v) is 5.63. The molecule has 2 fully saturated rings. The van der Waals surface area contributed by atoms with Gasteiger partial charge in [-0.1, -0.05) is 24.3 Å². The monoisotopic (exact) mass is 290 g/mol. The van der Waals surface area contributed by atoms with Crippen molar-refractivity contribution in [3.8, 4) is 0 Å². The van der Waals surface area contributed by atoms with Gasteiger partial charge in [-0.05, 0) is 17.9 Å². The zero-order valence-electron chi connectivity index (χ0n) is 11.7. The molecule has 2 aliphatic rings. The van der Waals surface area contributed by atoms with Crippen LogP contribution in [0.15, 0.2) is 24.3 Å². The molecule has 1 heterocycles. The van der Waals surface area contributed by atoms with Crippen molar-refractivity contribution in [3.63, 3.8) is 0 Å². The van der Waals surface area contributed by atoms with E-state index in [4.69, 9.17) is 14.6 Å². The Bertz CT molecular complexity index is 560. The van der Waals surface area contributed by atoms with Crippen molar-refractivity contribution >= 4 is 11.8 Å². The Morgan fingerprint density at radius 3 is 2.67 bits per heavy atom. The molecular weight excluding hydrogens is 272 g/mol. The van der Waals surface area contributed by atoms with E-state index < -0.39 is 18.2 Å². The van der Waals surface area contributed by atoms with Gasteiger partial charge >= 0.3 is 5.97 Å². The molecule has 0 amide bonds. The van der Waals surface area contributed by atoms with Crippen LogP contribution in [0.25, 0.3) is 0 Å². The molecule has 1 atom stereocenters. The maximum atomic E-state index is 12.1. The second-order valence-electron chi connectivity index (χ2n) is 5.63. The standard InChI is InChI=1S/C16H18O5/c17-14(9-15(18)19)13-4-2-1-3-12(13)11-5-6-16(10-11)20-7-8-21-16/h1-4,11H,5-10H2,(H,18,19). The number of carbonyl (C=O) groups excluding carboxylic acids is 1. The maximum absolute atomic E-state index is 12.1. The Labute approximate surface area is 122 Å². The van der Waals surface area contributed by atoms with Gasteiger partial charge in [0.05, 0.1) is 13.2 Å². The molecule has 1 unspecified atom stereocenters. The summed E-state index contributed by atoms with van der Waals surface area (Å²) in [5.74, 6) is -1.75. The van der Waals surface area contributed by atoms with E-state index in [1.54, 1.807) is 12.1 Å². The fourth-order valence-corrected chi connectivity index (χ4v) is 3.34. The summed E-state index contributed by atoms with van der Waals surface area (Å²) in [6, 6.07) is 7.27. The molecule has 5 heteroatoms. The summed E-state index contributed by atoms with van der Waals surface area (Å²) in [5.41, 5.74) is 1.43. The highest BCUT2D eigenvalue weighted by Crippen LogP contribution is 2.46. The van der Waals surface area contributed by atoms with Crippen LogP contribution in [0, 0.1) is 0 Å². The number of benzene rings is 1. The summed E-state index contributed by atoms with van der Waals surface area (Å²) in [4.78, 5) is 22.9. The Hall–Kier alpha value is -1.72. The largest absolute Gasteiger partial charge is 0.481 e. The molecule has 21 heavy (non-hydrogen) atoms. The van der Waals surface area contributed by atoms with Crippen molar-refractivity contribution in [3.05, 3.63) is 35.4 Å². The van der Waals surface area contributed by atoms with Gasteiger partial charge in [0.1, 0.15) is 6.42 Å². The zero-order chi connectivity index (χ0) is 14.9. The van der Waals surface area contributed by atoms with E-state index in [9.17, 15) is 9.59 Å².